The second-order valence-corrected chi connectivity index (χ2v) is 0. The maximum atomic E-state index is 0. The van der Waals surface area contributed by atoms with Crippen LogP contribution in [0.2, 0.25) is 0 Å². The van der Waals surface area contributed by atoms with E-state index in [0.29, 0.717) is 0 Å². The third-order valence-corrected chi connectivity index (χ3v) is 0. The molecule has 2 N–H and O–H groups in total. The summed E-state index contributed by atoms with van der Waals surface area (Å²) in [5.41, 5.74) is 0. The van der Waals surface area contributed by atoms with E-state index in [2.05, 4.69) is 0 Å². The Balaban J connectivity index is 0. The zero-order chi connectivity index (χ0) is 0. The molecule has 0 aromatic heterocycles. The summed E-state index contributed by atoms with van der Waals surface area (Å²) in [6.07, 6.45) is 0. The Morgan fingerprint density at radius 2 is 0.500 bits per heavy atom. The van der Waals surface area contributed by atoms with Crippen LogP contribution in [0, 0.1) is 31.1 Å². The van der Waals surface area contributed by atoms with Crippen molar-refractivity contribution < 1.29 is 118 Å². The van der Waals surface area contributed by atoms with Crippen LogP contribution in [-0.4, -0.2) is 5.48 Å². The molecule has 0 saturated carbocycles. The molecule has 0 atom stereocenters. The molecular formula is H2Na2O5U-6. The predicted octanol–water partition coefficient (Wildman–Crippen LogP) is -7.29. The van der Waals surface area contributed by atoms with Crippen molar-refractivity contribution in [3.63, 3.8) is 0 Å². The second-order valence-electron chi connectivity index (χ2n) is 0. The first kappa shape index (κ1) is 129. The van der Waals surface area contributed by atoms with Crippen LogP contribution >= 0.6 is 0 Å². The van der Waals surface area contributed by atoms with Gasteiger partial charge in [-0.1, -0.05) is 0 Å². The summed E-state index contributed by atoms with van der Waals surface area (Å²) in [6, 6.07) is 0. The molecule has 0 rings (SSSR count). The molecule has 0 fully saturated rings. The number of hydrogen-bond donors (Lipinski definition) is 0. The molecule has 0 saturated heterocycles. The Morgan fingerprint density at radius 3 is 0.500 bits per heavy atom. The van der Waals surface area contributed by atoms with Crippen LogP contribution < -0.4 is 59.1 Å². The van der Waals surface area contributed by atoms with Crippen molar-refractivity contribution in [2.45, 2.75) is 0 Å². The van der Waals surface area contributed by atoms with E-state index in [4.69, 9.17) is 0 Å². The fraction of sp³-hybridized carbons (Fsp3) is 0. The number of rotatable bonds is 0. The van der Waals surface area contributed by atoms with Crippen molar-refractivity contribution in [2.24, 2.45) is 0 Å². The summed E-state index contributed by atoms with van der Waals surface area (Å²) in [6.45, 7) is 0. The average molecular weight is 366 g/mol. The maximum Gasteiger partial charge on any atom is 1.00 e. The van der Waals surface area contributed by atoms with Crippen LogP contribution in [0.5, 0.6) is 0 Å². The molecule has 0 unspecified atom stereocenters. The van der Waals surface area contributed by atoms with E-state index < -0.39 is 0 Å². The Kier molecular flexibility index (Phi) is 1540. The molecule has 8 heavy (non-hydrogen) atoms. The van der Waals surface area contributed by atoms with Gasteiger partial charge >= 0.3 is 59.1 Å². The minimum absolute atomic E-state index is 0. The molecule has 0 spiro atoms. The molecule has 0 aliphatic rings. The van der Waals surface area contributed by atoms with Gasteiger partial charge in [0.2, 0.25) is 0 Å². The Hall–Kier alpha value is 2.85. The fourth-order valence-electron chi connectivity index (χ4n) is 0. The van der Waals surface area contributed by atoms with E-state index in [1.165, 1.54) is 0 Å². The minimum atomic E-state index is 0. The summed E-state index contributed by atoms with van der Waals surface area (Å²) in [4.78, 5) is 0. The topological polar surface area (TPSA) is 146 Å². The Bertz CT molecular complexity index is 10.4. The molecule has 5 nitrogen and oxygen atoms in total. The van der Waals surface area contributed by atoms with Crippen molar-refractivity contribution in [1.29, 1.82) is 0 Å². The summed E-state index contributed by atoms with van der Waals surface area (Å²) in [5, 5.41) is 0. The van der Waals surface area contributed by atoms with Gasteiger partial charge in [0.15, 0.2) is 0 Å². The molecule has 0 aromatic carbocycles. The van der Waals surface area contributed by atoms with E-state index >= 15 is 0 Å². The van der Waals surface area contributed by atoms with Gasteiger partial charge in [0, 0.05) is 31.1 Å². The molecule has 0 aliphatic heterocycles. The first-order valence-corrected chi connectivity index (χ1v) is 0. The van der Waals surface area contributed by atoms with Gasteiger partial charge in [-0.05, 0) is 0 Å². The van der Waals surface area contributed by atoms with E-state index in [9.17, 15) is 0 Å². The molecule has 0 aromatic rings. The van der Waals surface area contributed by atoms with Gasteiger partial charge in [-0.25, -0.2) is 0 Å². The molecule has 0 radical (unpaired) electrons. The van der Waals surface area contributed by atoms with E-state index in [1.807, 2.05) is 0 Å². The zero-order valence-electron chi connectivity index (χ0n) is 4.63. The van der Waals surface area contributed by atoms with Crippen LogP contribution in [0.4, 0.5) is 0 Å². The van der Waals surface area contributed by atoms with Crippen molar-refractivity contribution in [2.75, 3.05) is 0 Å². The standard InChI is InChI=1S/2Na.H2O.4O.U/h;;1H2;;;;;/q2*+1;;4*-2;. The van der Waals surface area contributed by atoms with E-state index in [-0.39, 0.29) is 118 Å². The molecular weight excluding hydrogens is 364 g/mol. The third kappa shape index (κ3) is 67.1. The van der Waals surface area contributed by atoms with Gasteiger partial charge in [0.05, 0.1) is 0 Å². The Morgan fingerprint density at radius 1 is 0.500 bits per heavy atom. The molecule has 0 amide bonds. The van der Waals surface area contributed by atoms with Crippen LogP contribution in [0.3, 0.4) is 0 Å². The van der Waals surface area contributed by atoms with Gasteiger partial charge in [-0.2, -0.15) is 0 Å². The number of hydrogen-bond acceptors (Lipinski definition) is 0. The second kappa shape index (κ2) is 94.9. The quantitative estimate of drug-likeness (QED) is 0.375. The summed E-state index contributed by atoms with van der Waals surface area (Å²) in [7, 11) is 0. The summed E-state index contributed by atoms with van der Waals surface area (Å²) < 4.78 is 0. The molecule has 0 bridgehead atoms. The van der Waals surface area contributed by atoms with Gasteiger partial charge in [-0.3, -0.25) is 0 Å². The van der Waals surface area contributed by atoms with Crippen molar-refractivity contribution in [1.82, 2.24) is 0 Å². The first-order valence-electron chi connectivity index (χ1n) is 0. The predicted molar refractivity (Wildman–Crippen MR) is 6.36 cm³/mol. The van der Waals surface area contributed by atoms with Crippen LogP contribution in [0.15, 0.2) is 0 Å². The Labute approximate surface area is 115 Å². The minimum Gasteiger partial charge on any atom is -2.00 e. The molecule has 44 valence electrons. The van der Waals surface area contributed by atoms with Crippen molar-refractivity contribution in [3.8, 4) is 0 Å². The third-order valence-electron chi connectivity index (χ3n) is 0. The van der Waals surface area contributed by atoms with E-state index in [0.717, 1.165) is 0 Å². The van der Waals surface area contributed by atoms with Gasteiger partial charge in [-0.15, -0.1) is 0 Å². The SMILES string of the molecule is O.[Na+].[Na+].[O-2].[O-2].[O-2].[O-2].[U]. The molecule has 8 heteroatoms. The fourth-order valence-corrected chi connectivity index (χ4v) is 0. The van der Waals surface area contributed by atoms with Crippen LogP contribution in [0.1, 0.15) is 0 Å². The van der Waals surface area contributed by atoms with E-state index in [1.54, 1.807) is 0 Å². The normalized spacial score (nSPS) is 0. The zero-order valence-corrected chi connectivity index (χ0v) is 12.8. The van der Waals surface area contributed by atoms with Gasteiger partial charge in [0.25, 0.3) is 0 Å². The molecule has 0 heterocycles. The summed E-state index contributed by atoms with van der Waals surface area (Å²) in [5.74, 6) is 0. The maximum absolute atomic E-state index is 0. The van der Waals surface area contributed by atoms with Crippen molar-refractivity contribution in [3.05, 3.63) is 0 Å². The summed E-state index contributed by atoms with van der Waals surface area (Å²) >= 11 is 0. The largest absolute Gasteiger partial charge is 2.00 e. The molecule has 0 aliphatic carbocycles. The van der Waals surface area contributed by atoms with Gasteiger partial charge < -0.3 is 27.4 Å². The van der Waals surface area contributed by atoms with Crippen molar-refractivity contribution >= 4 is 0 Å². The van der Waals surface area contributed by atoms with Crippen LogP contribution in [-0.2, 0) is 21.9 Å². The first-order chi connectivity index (χ1) is 0. The monoisotopic (exact) mass is 366 g/mol. The smallest absolute Gasteiger partial charge is 1.00 e. The average Bonchev–Trinajstić information content (AvgIpc) is 0. The van der Waals surface area contributed by atoms with Crippen LogP contribution in [0.25, 0.3) is 0 Å². The van der Waals surface area contributed by atoms with Gasteiger partial charge in [0.1, 0.15) is 0 Å².